The van der Waals surface area contributed by atoms with Gasteiger partial charge in [-0.05, 0) is 17.5 Å². The van der Waals surface area contributed by atoms with Crippen molar-refractivity contribution in [3.8, 4) is 0 Å². The number of hydrogen-bond acceptors (Lipinski definition) is 1. The topological polar surface area (TPSA) is 29.1 Å². The fourth-order valence-corrected chi connectivity index (χ4v) is 3.71. The summed E-state index contributed by atoms with van der Waals surface area (Å²) in [6, 6.07) is 20.1. The summed E-state index contributed by atoms with van der Waals surface area (Å²) in [4.78, 5) is 12.9. The molecule has 28 heavy (non-hydrogen) atoms. The van der Waals surface area contributed by atoms with Crippen LogP contribution in [-0.2, 0) is 4.79 Å². The van der Waals surface area contributed by atoms with Crippen LogP contribution in [0.15, 0.2) is 60.7 Å². The molecule has 0 aromatic heterocycles. The van der Waals surface area contributed by atoms with Gasteiger partial charge in [0, 0.05) is 6.54 Å². The second kappa shape index (κ2) is 14.0. The average Bonchev–Trinajstić information content (AvgIpc) is 2.74. The van der Waals surface area contributed by atoms with Crippen molar-refractivity contribution in [3.63, 3.8) is 0 Å². The third-order valence-corrected chi connectivity index (χ3v) is 5.36. The van der Waals surface area contributed by atoms with Crippen LogP contribution < -0.4 is 5.32 Å². The molecule has 0 aliphatic heterocycles. The zero-order chi connectivity index (χ0) is 19.9. The van der Waals surface area contributed by atoms with Gasteiger partial charge in [-0.15, -0.1) is 0 Å². The summed E-state index contributed by atoms with van der Waals surface area (Å²) in [5.41, 5.74) is 2.10. The van der Waals surface area contributed by atoms with Crippen molar-refractivity contribution in [1.29, 1.82) is 0 Å². The predicted molar refractivity (Wildman–Crippen MR) is 120 cm³/mol. The van der Waals surface area contributed by atoms with E-state index in [-0.39, 0.29) is 11.8 Å². The van der Waals surface area contributed by atoms with E-state index in [1.165, 1.54) is 57.8 Å². The molecule has 1 N–H and O–H groups in total. The van der Waals surface area contributed by atoms with Gasteiger partial charge in [0.15, 0.2) is 0 Å². The van der Waals surface area contributed by atoms with Gasteiger partial charge in [0.25, 0.3) is 0 Å². The molecule has 0 aliphatic rings. The summed E-state index contributed by atoms with van der Waals surface area (Å²) in [7, 11) is 0. The number of carbonyl (C=O) groups is 1. The molecule has 0 aliphatic carbocycles. The highest BCUT2D eigenvalue weighted by Crippen LogP contribution is 2.24. The monoisotopic (exact) mass is 379 g/mol. The quantitative estimate of drug-likeness (QED) is 0.357. The highest BCUT2D eigenvalue weighted by atomic mass is 16.1. The van der Waals surface area contributed by atoms with Crippen LogP contribution in [0.4, 0.5) is 0 Å². The first-order valence-electron chi connectivity index (χ1n) is 11.2. The van der Waals surface area contributed by atoms with Gasteiger partial charge < -0.3 is 5.32 Å². The molecule has 1 amide bonds. The smallest absolute Gasteiger partial charge is 0.232 e. The normalized spacial score (nSPS) is 10.9. The highest BCUT2D eigenvalue weighted by Gasteiger charge is 2.21. The lowest BCUT2D eigenvalue weighted by Crippen LogP contribution is -2.30. The molecular weight excluding hydrogens is 342 g/mol. The van der Waals surface area contributed by atoms with Crippen LogP contribution in [0.5, 0.6) is 0 Å². The summed E-state index contributed by atoms with van der Waals surface area (Å²) < 4.78 is 0. The van der Waals surface area contributed by atoms with Gasteiger partial charge in [0.1, 0.15) is 0 Å². The minimum absolute atomic E-state index is 0.105. The summed E-state index contributed by atoms with van der Waals surface area (Å²) in [6.45, 7) is 3.03. The zero-order valence-electron chi connectivity index (χ0n) is 17.5. The largest absolute Gasteiger partial charge is 0.355 e. The Hall–Kier alpha value is -2.09. The molecule has 0 radical (unpaired) electrons. The third-order valence-electron chi connectivity index (χ3n) is 5.36. The van der Waals surface area contributed by atoms with E-state index >= 15 is 0 Å². The Morgan fingerprint density at radius 2 is 1.11 bits per heavy atom. The van der Waals surface area contributed by atoms with E-state index in [9.17, 15) is 4.79 Å². The number of amides is 1. The van der Waals surface area contributed by atoms with Crippen molar-refractivity contribution < 1.29 is 4.79 Å². The Morgan fingerprint density at radius 3 is 1.57 bits per heavy atom. The third kappa shape index (κ3) is 8.29. The van der Waals surface area contributed by atoms with Crippen LogP contribution in [0.1, 0.15) is 88.2 Å². The van der Waals surface area contributed by atoms with Crippen molar-refractivity contribution >= 4 is 5.91 Å². The summed E-state index contributed by atoms with van der Waals surface area (Å²) in [6.07, 6.45) is 13.1. The Labute approximate surface area is 171 Å². The summed E-state index contributed by atoms with van der Waals surface area (Å²) in [5, 5.41) is 3.17. The van der Waals surface area contributed by atoms with Gasteiger partial charge >= 0.3 is 0 Å². The van der Waals surface area contributed by atoms with Gasteiger partial charge in [-0.2, -0.15) is 0 Å². The van der Waals surface area contributed by atoms with E-state index in [2.05, 4.69) is 12.2 Å². The molecule has 0 atom stereocenters. The van der Waals surface area contributed by atoms with Crippen molar-refractivity contribution in [2.75, 3.05) is 6.54 Å². The van der Waals surface area contributed by atoms with E-state index in [1.54, 1.807) is 0 Å². The molecule has 0 unspecified atom stereocenters. The number of carbonyl (C=O) groups excluding carboxylic acids is 1. The van der Waals surface area contributed by atoms with Gasteiger partial charge in [-0.25, -0.2) is 0 Å². The lowest BCUT2D eigenvalue weighted by Gasteiger charge is -2.18. The SMILES string of the molecule is CCCCCCCCCCCCNC(=O)C(c1ccccc1)c1ccccc1. The van der Waals surface area contributed by atoms with E-state index < -0.39 is 0 Å². The first kappa shape index (κ1) is 22.2. The molecule has 0 saturated carbocycles. The van der Waals surface area contributed by atoms with Crippen LogP contribution in [0.2, 0.25) is 0 Å². The molecule has 2 heteroatoms. The number of unbranched alkanes of at least 4 members (excludes halogenated alkanes) is 9. The maximum Gasteiger partial charge on any atom is 0.232 e. The second-order valence-electron chi connectivity index (χ2n) is 7.73. The van der Waals surface area contributed by atoms with E-state index in [0.717, 1.165) is 24.1 Å². The fraction of sp³-hybridized carbons (Fsp3) is 0.500. The van der Waals surface area contributed by atoms with E-state index in [4.69, 9.17) is 0 Å². The predicted octanol–water partition coefficient (Wildman–Crippen LogP) is 6.86. The van der Waals surface area contributed by atoms with Gasteiger partial charge in [0.05, 0.1) is 5.92 Å². The zero-order valence-corrected chi connectivity index (χ0v) is 17.5. The lowest BCUT2D eigenvalue weighted by molar-refractivity contribution is -0.121. The molecule has 0 heterocycles. The standard InChI is InChI=1S/C26H37NO/c1-2-3-4-5-6-7-8-9-10-17-22-27-26(28)25(23-18-13-11-14-19-23)24-20-15-12-16-21-24/h11-16,18-21,25H,2-10,17,22H2,1H3,(H,27,28). The highest BCUT2D eigenvalue weighted by molar-refractivity contribution is 5.87. The van der Waals surface area contributed by atoms with Crippen molar-refractivity contribution in [2.24, 2.45) is 0 Å². The van der Waals surface area contributed by atoms with Gasteiger partial charge in [0.2, 0.25) is 5.91 Å². The van der Waals surface area contributed by atoms with Gasteiger partial charge in [-0.1, -0.05) is 125 Å². The summed E-state index contributed by atoms with van der Waals surface area (Å²) in [5.74, 6) is -0.126. The second-order valence-corrected chi connectivity index (χ2v) is 7.73. The first-order valence-corrected chi connectivity index (χ1v) is 11.2. The maximum absolute atomic E-state index is 12.9. The average molecular weight is 380 g/mol. The molecule has 2 aromatic rings. The molecule has 0 fully saturated rings. The van der Waals surface area contributed by atoms with Crippen molar-refractivity contribution in [1.82, 2.24) is 5.32 Å². The van der Waals surface area contributed by atoms with Gasteiger partial charge in [-0.3, -0.25) is 4.79 Å². The Morgan fingerprint density at radius 1 is 0.679 bits per heavy atom. The molecule has 152 valence electrons. The molecule has 0 saturated heterocycles. The van der Waals surface area contributed by atoms with Crippen molar-refractivity contribution in [2.45, 2.75) is 77.0 Å². The molecule has 2 nitrogen and oxygen atoms in total. The Kier molecular flexibility index (Phi) is 11.1. The van der Waals surface area contributed by atoms with Crippen molar-refractivity contribution in [3.05, 3.63) is 71.8 Å². The number of rotatable bonds is 14. The fourth-order valence-electron chi connectivity index (χ4n) is 3.71. The Bertz CT molecular complexity index is 598. The number of nitrogens with one attached hydrogen (secondary N) is 1. The number of hydrogen-bond donors (Lipinski definition) is 1. The molecule has 0 spiro atoms. The van der Waals surface area contributed by atoms with Crippen LogP contribution in [-0.4, -0.2) is 12.5 Å². The van der Waals surface area contributed by atoms with Crippen LogP contribution >= 0.6 is 0 Å². The maximum atomic E-state index is 12.9. The van der Waals surface area contributed by atoms with E-state index in [0.29, 0.717) is 0 Å². The van der Waals surface area contributed by atoms with Crippen LogP contribution in [0.3, 0.4) is 0 Å². The molecule has 2 aromatic carbocycles. The molecule has 0 bridgehead atoms. The van der Waals surface area contributed by atoms with Crippen LogP contribution in [0, 0.1) is 0 Å². The minimum atomic E-state index is -0.231. The summed E-state index contributed by atoms with van der Waals surface area (Å²) >= 11 is 0. The Balaban J connectivity index is 1.69. The minimum Gasteiger partial charge on any atom is -0.355 e. The van der Waals surface area contributed by atoms with E-state index in [1.807, 2.05) is 60.7 Å². The lowest BCUT2D eigenvalue weighted by atomic mass is 9.90. The number of benzene rings is 2. The molecule has 2 rings (SSSR count). The molecular formula is C26H37NO. The first-order chi connectivity index (χ1) is 13.8. The van der Waals surface area contributed by atoms with Crippen LogP contribution in [0.25, 0.3) is 0 Å².